The van der Waals surface area contributed by atoms with E-state index in [1.807, 2.05) is 0 Å². The van der Waals surface area contributed by atoms with E-state index in [-0.39, 0.29) is 0 Å². The maximum atomic E-state index is 5.20. The Labute approximate surface area is 74.9 Å². The lowest BCUT2D eigenvalue weighted by molar-refractivity contribution is -0.0787. The SMILES string of the molecule is CC1(C)CCN(C2COC2)CC1. The second-order valence-electron chi connectivity index (χ2n) is 4.89. The van der Waals surface area contributed by atoms with Gasteiger partial charge in [-0.3, -0.25) is 4.90 Å². The van der Waals surface area contributed by atoms with Gasteiger partial charge in [-0.25, -0.2) is 0 Å². The number of hydrogen-bond acceptors (Lipinski definition) is 2. The summed E-state index contributed by atoms with van der Waals surface area (Å²) in [6.45, 7) is 9.26. The number of ether oxygens (including phenoxy) is 1. The predicted octanol–water partition coefficient (Wildman–Crippen LogP) is 1.51. The van der Waals surface area contributed by atoms with Crippen molar-refractivity contribution in [1.29, 1.82) is 0 Å². The van der Waals surface area contributed by atoms with E-state index in [0.29, 0.717) is 5.41 Å². The highest BCUT2D eigenvalue weighted by atomic mass is 16.5. The first-order valence-corrected chi connectivity index (χ1v) is 4.99. The molecule has 2 rings (SSSR count). The molecule has 0 aromatic heterocycles. The van der Waals surface area contributed by atoms with Crippen LogP contribution < -0.4 is 0 Å². The summed E-state index contributed by atoms with van der Waals surface area (Å²) in [5.41, 5.74) is 0.584. The molecule has 0 aromatic carbocycles. The Morgan fingerprint density at radius 1 is 1.17 bits per heavy atom. The van der Waals surface area contributed by atoms with Crippen LogP contribution >= 0.6 is 0 Å². The molecular formula is C10H19NO. The lowest BCUT2D eigenvalue weighted by atomic mass is 9.82. The molecule has 2 nitrogen and oxygen atoms in total. The zero-order valence-electron chi connectivity index (χ0n) is 8.18. The molecule has 2 fully saturated rings. The molecule has 70 valence electrons. The van der Waals surface area contributed by atoms with Crippen molar-refractivity contribution in [2.24, 2.45) is 5.41 Å². The topological polar surface area (TPSA) is 12.5 Å². The molecule has 0 aromatic rings. The van der Waals surface area contributed by atoms with Gasteiger partial charge < -0.3 is 4.74 Å². The molecule has 0 radical (unpaired) electrons. The summed E-state index contributed by atoms with van der Waals surface area (Å²) < 4.78 is 5.20. The monoisotopic (exact) mass is 169 g/mol. The summed E-state index contributed by atoms with van der Waals surface area (Å²) in [6.07, 6.45) is 2.70. The van der Waals surface area contributed by atoms with Crippen LogP contribution in [0.2, 0.25) is 0 Å². The zero-order valence-corrected chi connectivity index (χ0v) is 8.18. The van der Waals surface area contributed by atoms with Crippen molar-refractivity contribution < 1.29 is 4.74 Å². The molecule has 0 unspecified atom stereocenters. The Balaban J connectivity index is 1.81. The number of nitrogens with zero attached hydrogens (tertiary/aromatic N) is 1. The molecule has 2 heteroatoms. The van der Waals surface area contributed by atoms with Crippen LogP contribution in [0.4, 0.5) is 0 Å². The van der Waals surface area contributed by atoms with Crippen LogP contribution in [0.15, 0.2) is 0 Å². The van der Waals surface area contributed by atoms with E-state index in [2.05, 4.69) is 18.7 Å². The van der Waals surface area contributed by atoms with Crippen molar-refractivity contribution >= 4 is 0 Å². The van der Waals surface area contributed by atoms with Crippen molar-refractivity contribution in [3.05, 3.63) is 0 Å². The van der Waals surface area contributed by atoms with Crippen molar-refractivity contribution in [3.63, 3.8) is 0 Å². The highest BCUT2D eigenvalue weighted by Crippen LogP contribution is 2.31. The number of piperidine rings is 1. The van der Waals surface area contributed by atoms with E-state index in [4.69, 9.17) is 4.74 Å². The lowest BCUT2D eigenvalue weighted by Gasteiger charge is -2.43. The third kappa shape index (κ3) is 1.64. The highest BCUT2D eigenvalue weighted by molar-refractivity contribution is 4.85. The maximum absolute atomic E-state index is 5.20. The molecule has 2 aliphatic rings. The Bertz CT molecular complexity index is 153. The van der Waals surface area contributed by atoms with Crippen molar-refractivity contribution in [1.82, 2.24) is 4.90 Å². The van der Waals surface area contributed by atoms with Gasteiger partial charge in [-0.05, 0) is 31.3 Å². The van der Waals surface area contributed by atoms with Crippen LogP contribution in [0.1, 0.15) is 26.7 Å². The van der Waals surface area contributed by atoms with E-state index in [0.717, 1.165) is 19.3 Å². The van der Waals surface area contributed by atoms with Crippen LogP contribution in [0.25, 0.3) is 0 Å². The van der Waals surface area contributed by atoms with Crippen molar-refractivity contribution in [2.75, 3.05) is 26.3 Å². The quantitative estimate of drug-likeness (QED) is 0.590. The first-order valence-electron chi connectivity index (χ1n) is 4.99. The smallest absolute Gasteiger partial charge is 0.0645 e. The van der Waals surface area contributed by atoms with Gasteiger partial charge in [0.15, 0.2) is 0 Å². The van der Waals surface area contributed by atoms with E-state index >= 15 is 0 Å². The normalized spacial score (nSPS) is 31.5. The second kappa shape index (κ2) is 3.00. The number of likely N-dealkylation sites (tertiary alicyclic amines) is 1. The van der Waals surface area contributed by atoms with Gasteiger partial charge in [0.25, 0.3) is 0 Å². The summed E-state index contributed by atoms with van der Waals surface area (Å²) >= 11 is 0. The molecule has 0 aliphatic carbocycles. The molecule has 0 atom stereocenters. The standard InChI is InChI=1S/C10H19NO/c1-10(2)3-5-11(6-4-10)9-7-12-8-9/h9H,3-8H2,1-2H3. The highest BCUT2D eigenvalue weighted by Gasteiger charge is 2.32. The van der Waals surface area contributed by atoms with Crippen LogP contribution in [-0.4, -0.2) is 37.2 Å². The van der Waals surface area contributed by atoms with E-state index in [1.165, 1.54) is 25.9 Å². The zero-order chi connectivity index (χ0) is 8.60. The Hall–Kier alpha value is -0.0800. The minimum absolute atomic E-state index is 0.584. The average Bonchev–Trinajstić information content (AvgIpc) is 1.89. The molecule has 2 saturated heterocycles. The van der Waals surface area contributed by atoms with Gasteiger partial charge in [0, 0.05) is 0 Å². The van der Waals surface area contributed by atoms with Crippen molar-refractivity contribution in [2.45, 2.75) is 32.7 Å². The van der Waals surface area contributed by atoms with Gasteiger partial charge in [-0.1, -0.05) is 13.8 Å². The molecule has 0 N–H and O–H groups in total. The minimum Gasteiger partial charge on any atom is -0.378 e. The summed E-state index contributed by atoms with van der Waals surface area (Å²) in [5.74, 6) is 0. The van der Waals surface area contributed by atoms with Crippen LogP contribution in [0, 0.1) is 5.41 Å². The van der Waals surface area contributed by atoms with E-state index in [9.17, 15) is 0 Å². The van der Waals surface area contributed by atoms with Crippen LogP contribution in [0.5, 0.6) is 0 Å². The minimum atomic E-state index is 0.584. The molecule has 0 saturated carbocycles. The van der Waals surface area contributed by atoms with Crippen molar-refractivity contribution in [3.8, 4) is 0 Å². The number of hydrogen-bond donors (Lipinski definition) is 0. The predicted molar refractivity (Wildman–Crippen MR) is 49.2 cm³/mol. The van der Waals surface area contributed by atoms with Gasteiger partial charge in [-0.15, -0.1) is 0 Å². The summed E-state index contributed by atoms with van der Waals surface area (Å²) in [6, 6.07) is 0.751. The third-order valence-corrected chi connectivity index (χ3v) is 3.29. The molecular weight excluding hydrogens is 150 g/mol. The Kier molecular flexibility index (Phi) is 2.13. The fraction of sp³-hybridized carbons (Fsp3) is 1.00. The van der Waals surface area contributed by atoms with E-state index < -0.39 is 0 Å². The number of rotatable bonds is 1. The second-order valence-corrected chi connectivity index (χ2v) is 4.89. The molecule has 12 heavy (non-hydrogen) atoms. The molecule has 0 spiro atoms. The summed E-state index contributed by atoms with van der Waals surface area (Å²) in [5, 5.41) is 0. The van der Waals surface area contributed by atoms with Gasteiger partial charge >= 0.3 is 0 Å². The Morgan fingerprint density at radius 2 is 1.75 bits per heavy atom. The largest absolute Gasteiger partial charge is 0.378 e. The molecule has 0 amide bonds. The first kappa shape index (κ1) is 8.52. The summed E-state index contributed by atoms with van der Waals surface area (Å²) in [4.78, 5) is 2.59. The van der Waals surface area contributed by atoms with Crippen LogP contribution in [0.3, 0.4) is 0 Å². The van der Waals surface area contributed by atoms with Crippen LogP contribution in [-0.2, 0) is 4.74 Å². The fourth-order valence-corrected chi connectivity index (χ4v) is 1.93. The maximum Gasteiger partial charge on any atom is 0.0645 e. The summed E-state index contributed by atoms with van der Waals surface area (Å²) in [7, 11) is 0. The fourth-order valence-electron chi connectivity index (χ4n) is 1.93. The van der Waals surface area contributed by atoms with Gasteiger partial charge in [0.2, 0.25) is 0 Å². The average molecular weight is 169 g/mol. The first-order chi connectivity index (χ1) is 5.67. The molecule has 2 aliphatic heterocycles. The third-order valence-electron chi connectivity index (χ3n) is 3.29. The molecule has 2 heterocycles. The lowest BCUT2D eigenvalue weighted by Crippen LogP contribution is -2.52. The van der Waals surface area contributed by atoms with E-state index in [1.54, 1.807) is 0 Å². The van der Waals surface area contributed by atoms with Gasteiger partial charge in [0.1, 0.15) is 0 Å². The van der Waals surface area contributed by atoms with Gasteiger partial charge in [0.05, 0.1) is 19.3 Å². The molecule has 0 bridgehead atoms. The van der Waals surface area contributed by atoms with Gasteiger partial charge in [-0.2, -0.15) is 0 Å². The Morgan fingerprint density at radius 3 is 2.17 bits per heavy atom.